The van der Waals surface area contributed by atoms with Gasteiger partial charge in [0.25, 0.3) is 0 Å². The van der Waals surface area contributed by atoms with Crippen molar-refractivity contribution < 1.29 is 0 Å². The summed E-state index contributed by atoms with van der Waals surface area (Å²) in [5.41, 5.74) is 11.6. The average molecular weight is 146 g/mol. The fourth-order valence-corrected chi connectivity index (χ4v) is 1.59. The molecule has 0 bridgehead atoms. The first-order chi connectivity index (χ1) is 4.00. The summed E-state index contributed by atoms with van der Waals surface area (Å²) in [5.74, 6) is 0. The third-order valence-corrected chi connectivity index (χ3v) is 4.20. The van der Waals surface area contributed by atoms with Crippen molar-refractivity contribution in [3.63, 3.8) is 0 Å². The van der Waals surface area contributed by atoms with Crippen LogP contribution < -0.4 is 11.5 Å². The Kier molecular flexibility index (Phi) is 3.39. The summed E-state index contributed by atoms with van der Waals surface area (Å²) in [6, 6.07) is 0. The third kappa shape index (κ3) is 2.98. The minimum atomic E-state index is -0.842. The largest absolute Gasteiger partial charge is 0.317 e. The summed E-state index contributed by atoms with van der Waals surface area (Å²) in [6.07, 6.45) is 2.06. The van der Waals surface area contributed by atoms with Gasteiger partial charge in [0.2, 0.25) is 0 Å². The minimum Gasteiger partial charge on any atom is -0.317 e. The molecular formula is C6H18N2Si. The highest BCUT2D eigenvalue weighted by Gasteiger charge is 2.22. The topological polar surface area (TPSA) is 52.0 Å². The molecule has 0 radical (unpaired) electrons. The number of nitrogens with two attached hydrogens (primary N) is 2. The molecule has 0 aliphatic heterocycles. The second kappa shape index (κ2) is 3.34. The zero-order chi connectivity index (χ0) is 7.49. The van der Waals surface area contributed by atoms with E-state index in [1.165, 1.54) is 0 Å². The standard InChI is InChI=1S/C6H18N2Si/c1-4-5-6(7,8)9(2)3/h9H,4-5,7-8H2,1-3H3. The molecule has 0 saturated heterocycles. The SMILES string of the molecule is CCCC(N)(N)[SiH](C)C. The Morgan fingerprint density at radius 1 is 1.33 bits per heavy atom. The van der Waals surface area contributed by atoms with E-state index >= 15 is 0 Å². The highest BCUT2D eigenvalue weighted by atomic mass is 28.3. The van der Waals surface area contributed by atoms with E-state index in [1.54, 1.807) is 0 Å². The normalized spacial score (nSPS) is 12.7. The first-order valence-electron chi connectivity index (χ1n) is 3.58. The molecule has 0 amide bonds. The maximum atomic E-state index is 5.81. The molecule has 0 aromatic carbocycles. The molecule has 0 unspecified atom stereocenters. The Balaban J connectivity index is 3.70. The van der Waals surface area contributed by atoms with Gasteiger partial charge in [-0.15, -0.1) is 0 Å². The van der Waals surface area contributed by atoms with Crippen molar-refractivity contribution in [3.8, 4) is 0 Å². The van der Waals surface area contributed by atoms with E-state index in [0.29, 0.717) is 0 Å². The summed E-state index contributed by atoms with van der Waals surface area (Å²) in [5, 5.41) is -0.311. The van der Waals surface area contributed by atoms with Gasteiger partial charge in [0.05, 0.1) is 8.80 Å². The van der Waals surface area contributed by atoms with Crippen molar-refractivity contribution in [1.29, 1.82) is 0 Å². The quantitative estimate of drug-likeness (QED) is 0.448. The maximum absolute atomic E-state index is 5.81. The number of hydrogen-bond acceptors (Lipinski definition) is 2. The molecule has 0 aliphatic rings. The molecule has 2 nitrogen and oxygen atoms in total. The van der Waals surface area contributed by atoms with E-state index < -0.39 is 8.80 Å². The van der Waals surface area contributed by atoms with Crippen LogP contribution in [0.25, 0.3) is 0 Å². The second-order valence-corrected chi connectivity index (χ2v) is 6.40. The van der Waals surface area contributed by atoms with Crippen molar-refractivity contribution in [2.45, 2.75) is 38.1 Å². The van der Waals surface area contributed by atoms with Gasteiger partial charge in [0.1, 0.15) is 0 Å². The molecule has 0 saturated carbocycles. The zero-order valence-corrected chi connectivity index (χ0v) is 7.80. The highest BCUT2D eigenvalue weighted by molar-refractivity contribution is 6.59. The lowest BCUT2D eigenvalue weighted by molar-refractivity contribution is 0.546. The number of rotatable bonds is 3. The summed E-state index contributed by atoms with van der Waals surface area (Å²) in [6.45, 7) is 6.50. The molecule has 56 valence electrons. The predicted molar refractivity (Wildman–Crippen MR) is 44.9 cm³/mol. The summed E-state index contributed by atoms with van der Waals surface area (Å²) in [7, 11) is -0.842. The van der Waals surface area contributed by atoms with Crippen LogP contribution in [0.1, 0.15) is 19.8 Å². The van der Waals surface area contributed by atoms with E-state index in [1.807, 2.05) is 0 Å². The smallest absolute Gasteiger partial charge is 0.0721 e. The van der Waals surface area contributed by atoms with Crippen molar-refractivity contribution in [3.05, 3.63) is 0 Å². The van der Waals surface area contributed by atoms with Gasteiger partial charge in [0, 0.05) is 5.29 Å². The van der Waals surface area contributed by atoms with Crippen molar-refractivity contribution in [1.82, 2.24) is 0 Å². The fourth-order valence-electron chi connectivity index (χ4n) is 0.722. The first-order valence-corrected chi connectivity index (χ1v) is 6.47. The highest BCUT2D eigenvalue weighted by Crippen LogP contribution is 2.05. The van der Waals surface area contributed by atoms with Gasteiger partial charge in [-0.1, -0.05) is 26.4 Å². The van der Waals surface area contributed by atoms with E-state index in [9.17, 15) is 0 Å². The van der Waals surface area contributed by atoms with E-state index in [0.717, 1.165) is 12.8 Å². The molecule has 0 heterocycles. The van der Waals surface area contributed by atoms with Crippen LogP contribution in [0.4, 0.5) is 0 Å². The van der Waals surface area contributed by atoms with Crippen LogP contribution >= 0.6 is 0 Å². The van der Waals surface area contributed by atoms with E-state index in [4.69, 9.17) is 11.5 Å². The molecule has 9 heavy (non-hydrogen) atoms. The molecule has 0 atom stereocenters. The van der Waals surface area contributed by atoms with Gasteiger partial charge < -0.3 is 11.5 Å². The van der Waals surface area contributed by atoms with Gasteiger partial charge in [-0.05, 0) is 6.42 Å². The van der Waals surface area contributed by atoms with Crippen LogP contribution in [0.3, 0.4) is 0 Å². The molecule has 0 aromatic rings. The van der Waals surface area contributed by atoms with Crippen molar-refractivity contribution in [2.75, 3.05) is 0 Å². The Hall–Kier alpha value is 0.137. The van der Waals surface area contributed by atoms with E-state index in [-0.39, 0.29) is 5.29 Å². The van der Waals surface area contributed by atoms with Crippen LogP contribution in [0.2, 0.25) is 13.1 Å². The Bertz CT molecular complexity index is 81.1. The van der Waals surface area contributed by atoms with Gasteiger partial charge in [-0.25, -0.2) is 0 Å². The molecule has 0 rings (SSSR count). The van der Waals surface area contributed by atoms with Gasteiger partial charge in [-0.3, -0.25) is 0 Å². The number of hydrogen-bond donors (Lipinski definition) is 2. The Labute approximate surface area is 59.2 Å². The van der Waals surface area contributed by atoms with Crippen LogP contribution in [0, 0.1) is 0 Å². The molecule has 0 aromatic heterocycles. The summed E-state index contributed by atoms with van der Waals surface area (Å²) >= 11 is 0. The Morgan fingerprint density at radius 3 is 1.89 bits per heavy atom. The molecular weight excluding hydrogens is 128 g/mol. The lowest BCUT2D eigenvalue weighted by atomic mass is 10.3. The van der Waals surface area contributed by atoms with Crippen LogP contribution in [-0.4, -0.2) is 14.1 Å². The lowest BCUT2D eigenvalue weighted by Crippen LogP contribution is -2.58. The van der Waals surface area contributed by atoms with Gasteiger partial charge in [0.15, 0.2) is 0 Å². The van der Waals surface area contributed by atoms with Crippen LogP contribution in [0.15, 0.2) is 0 Å². The molecule has 0 spiro atoms. The fraction of sp³-hybridized carbons (Fsp3) is 1.00. The first kappa shape index (κ1) is 9.14. The van der Waals surface area contributed by atoms with Crippen LogP contribution in [0.5, 0.6) is 0 Å². The summed E-state index contributed by atoms with van der Waals surface area (Å²) in [4.78, 5) is 0. The zero-order valence-electron chi connectivity index (χ0n) is 6.65. The molecule has 4 N–H and O–H groups in total. The maximum Gasteiger partial charge on any atom is 0.0721 e. The third-order valence-electron chi connectivity index (χ3n) is 1.76. The molecule has 3 heteroatoms. The lowest BCUT2D eigenvalue weighted by Gasteiger charge is -2.27. The second-order valence-electron chi connectivity index (χ2n) is 3.02. The molecule has 0 fully saturated rings. The van der Waals surface area contributed by atoms with E-state index in [2.05, 4.69) is 20.0 Å². The molecule has 0 aliphatic carbocycles. The minimum absolute atomic E-state index is 0.311. The Morgan fingerprint density at radius 2 is 1.78 bits per heavy atom. The predicted octanol–water partition coefficient (Wildman–Crippen LogP) is 0.426. The summed E-state index contributed by atoms with van der Waals surface area (Å²) < 4.78 is 0. The monoisotopic (exact) mass is 146 g/mol. The van der Waals surface area contributed by atoms with Gasteiger partial charge in [-0.2, -0.15) is 0 Å². The van der Waals surface area contributed by atoms with Crippen LogP contribution in [-0.2, 0) is 0 Å². The van der Waals surface area contributed by atoms with Gasteiger partial charge >= 0.3 is 0 Å². The van der Waals surface area contributed by atoms with Crippen molar-refractivity contribution in [2.24, 2.45) is 11.5 Å². The van der Waals surface area contributed by atoms with Crippen molar-refractivity contribution >= 4 is 8.80 Å². The average Bonchev–Trinajstić information content (AvgIpc) is 1.65.